The Kier molecular flexibility index (Phi) is 3.38. The summed E-state index contributed by atoms with van der Waals surface area (Å²) >= 11 is 0. The molecule has 102 valence electrons. The van der Waals surface area contributed by atoms with Crippen LogP contribution in [0.3, 0.4) is 0 Å². The second-order valence-electron chi connectivity index (χ2n) is 5.01. The normalized spacial score (nSPS) is 10.5. The highest BCUT2D eigenvalue weighted by Crippen LogP contribution is 2.35. The lowest BCUT2D eigenvalue weighted by Crippen LogP contribution is -1.96. The number of fused-ring (bicyclic) bond motifs is 3. The van der Waals surface area contributed by atoms with E-state index in [4.69, 9.17) is 11.2 Å². The van der Waals surface area contributed by atoms with Crippen LogP contribution in [-0.4, -0.2) is 6.61 Å². The lowest BCUT2D eigenvalue weighted by molar-refractivity contribution is 0.370. The van der Waals surface area contributed by atoms with Gasteiger partial charge in [-0.05, 0) is 34.7 Å². The van der Waals surface area contributed by atoms with E-state index in [1.165, 1.54) is 27.1 Å². The molecule has 0 amide bonds. The van der Waals surface area contributed by atoms with E-state index < -0.39 is 0 Å². The van der Waals surface area contributed by atoms with Gasteiger partial charge in [0, 0.05) is 10.9 Å². The quantitative estimate of drug-likeness (QED) is 0.484. The molecule has 0 fully saturated rings. The third-order valence-electron chi connectivity index (χ3n) is 3.75. The van der Waals surface area contributed by atoms with E-state index >= 15 is 0 Å². The molecule has 0 heterocycles. The van der Waals surface area contributed by atoms with Crippen molar-refractivity contribution in [3.63, 3.8) is 0 Å². The number of rotatable bonds is 3. The van der Waals surface area contributed by atoms with Gasteiger partial charge in [0.2, 0.25) is 0 Å². The summed E-state index contributed by atoms with van der Waals surface area (Å²) in [6, 6.07) is 14.7. The van der Waals surface area contributed by atoms with Gasteiger partial charge in [0.25, 0.3) is 0 Å². The third kappa shape index (κ3) is 2.15. The third-order valence-corrected chi connectivity index (χ3v) is 3.75. The van der Waals surface area contributed by atoms with E-state index in [9.17, 15) is 0 Å². The van der Waals surface area contributed by atoms with Gasteiger partial charge in [-0.1, -0.05) is 55.0 Å². The first-order chi connectivity index (χ1) is 10.3. The Morgan fingerprint density at radius 1 is 1.10 bits per heavy atom. The first-order valence-corrected chi connectivity index (χ1v) is 6.90. The molecule has 3 rings (SSSR count). The van der Waals surface area contributed by atoms with Crippen molar-refractivity contribution in [1.29, 1.82) is 0 Å². The Morgan fingerprint density at radius 3 is 2.52 bits per heavy atom. The van der Waals surface area contributed by atoms with E-state index in [1.54, 1.807) is 0 Å². The van der Waals surface area contributed by atoms with E-state index in [-0.39, 0.29) is 6.61 Å². The van der Waals surface area contributed by atoms with Crippen LogP contribution < -0.4 is 4.74 Å². The average Bonchev–Trinajstić information content (AvgIpc) is 2.52. The molecule has 3 aromatic rings. The molecule has 1 heteroatoms. The summed E-state index contributed by atoms with van der Waals surface area (Å²) < 4.78 is 5.67. The van der Waals surface area contributed by atoms with Crippen LogP contribution >= 0.6 is 0 Å². The molecule has 0 atom stereocenters. The molecule has 0 saturated heterocycles. The number of hydrogen-bond donors (Lipinski definition) is 0. The van der Waals surface area contributed by atoms with Gasteiger partial charge in [-0.2, -0.15) is 0 Å². The molecule has 21 heavy (non-hydrogen) atoms. The zero-order valence-corrected chi connectivity index (χ0v) is 12.0. The number of hydrogen-bond acceptors (Lipinski definition) is 1. The lowest BCUT2D eigenvalue weighted by Gasteiger charge is -2.13. The van der Waals surface area contributed by atoms with Crippen molar-refractivity contribution < 1.29 is 4.74 Å². The highest BCUT2D eigenvalue weighted by Gasteiger charge is 2.10. The summed E-state index contributed by atoms with van der Waals surface area (Å²) in [5, 5.41) is 4.82. The molecule has 0 bridgehead atoms. The Hall–Kier alpha value is -2.72. The summed E-state index contributed by atoms with van der Waals surface area (Å²) in [7, 11) is 0. The molecular weight excluding hydrogens is 256 g/mol. The van der Waals surface area contributed by atoms with Gasteiger partial charge in [0.1, 0.15) is 12.4 Å². The minimum Gasteiger partial charge on any atom is -0.480 e. The van der Waals surface area contributed by atoms with Crippen molar-refractivity contribution in [3.05, 3.63) is 60.2 Å². The van der Waals surface area contributed by atoms with Crippen LogP contribution in [0.25, 0.3) is 27.6 Å². The molecule has 0 spiro atoms. The van der Waals surface area contributed by atoms with Crippen molar-refractivity contribution in [1.82, 2.24) is 0 Å². The molecule has 0 N–H and O–H groups in total. The number of terminal acetylenes is 1. The summed E-state index contributed by atoms with van der Waals surface area (Å²) in [5.74, 6) is 3.29. The Bertz CT molecular complexity index is 882. The minimum absolute atomic E-state index is 0.260. The van der Waals surface area contributed by atoms with E-state index in [0.29, 0.717) is 0 Å². The summed E-state index contributed by atoms with van der Waals surface area (Å²) in [4.78, 5) is 0. The lowest BCUT2D eigenvalue weighted by atomic mass is 9.94. The first kappa shape index (κ1) is 13.3. The van der Waals surface area contributed by atoms with Crippen LogP contribution in [0.1, 0.15) is 11.1 Å². The van der Waals surface area contributed by atoms with Crippen molar-refractivity contribution in [2.45, 2.75) is 6.92 Å². The van der Waals surface area contributed by atoms with Gasteiger partial charge in [0.15, 0.2) is 0 Å². The van der Waals surface area contributed by atoms with Crippen LogP contribution in [0.4, 0.5) is 0 Å². The van der Waals surface area contributed by atoms with Crippen LogP contribution in [0, 0.1) is 19.3 Å². The fraction of sp³-hybridized carbons (Fsp3) is 0.100. The van der Waals surface area contributed by atoms with Crippen LogP contribution in [0.2, 0.25) is 0 Å². The molecular formula is C20H16O. The minimum atomic E-state index is 0.260. The monoisotopic (exact) mass is 272 g/mol. The topological polar surface area (TPSA) is 9.23 Å². The smallest absolute Gasteiger partial charge is 0.148 e. The van der Waals surface area contributed by atoms with Gasteiger partial charge < -0.3 is 4.74 Å². The Morgan fingerprint density at radius 2 is 1.81 bits per heavy atom. The molecule has 0 unspecified atom stereocenters. The van der Waals surface area contributed by atoms with Crippen LogP contribution in [0.15, 0.2) is 49.0 Å². The van der Waals surface area contributed by atoms with E-state index in [2.05, 4.69) is 55.8 Å². The van der Waals surface area contributed by atoms with Gasteiger partial charge in [-0.25, -0.2) is 0 Å². The molecule has 0 saturated carbocycles. The van der Waals surface area contributed by atoms with Gasteiger partial charge in [-0.15, -0.1) is 6.42 Å². The molecule has 0 aliphatic rings. The summed E-state index contributed by atoms with van der Waals surface area (Å²) in [5.41, 5.74) is 2.25. The first-order valence-electron chi connectivity index (χ1n) is 6.90. The van der Waals surface area contributed by atoms with Crippen molar-refractivity contribution in [2.24, 2.45) is 0 Å². The highest BCUT2D eigenvalue weighted by molar-refractivity contribution is 6.13. The molecule has 0 aliphatic heterocycles. The summed E-state index contributed by atoms with van der Waals surface area (Å²) in [6.45, 7) is 6.34. The largest absolute Gasteiger partial charge is 0.480 e. The maximum absolute atomic E-state index is 5.67. The van der Waals surface area contributed by atoms with Crippen molar-refractivity contribution >= 4 is 27.6 Å². The maximum Gasteiger partial charge on any atom is 0.148 e. The van der Waals surface area contributed by atoms with Gasteiger partial charge in [0.05, 0.1) is 0 Å². The van der Waals surface area contributed by atoms with E-state index in [0.717, 1.165) is 11.3 Å². The number of benzene rings is 3. The Balaban J connectivity index is 2.44. The second-order valence-corrected chi connectivity index (χ2v) is 5.01. The SMILES string of the molecule is C#CCOc1ccc2ccc3cccc(C)c3c2c1C=C. The molecule has 0 aromatic heterocycles. The highest BCUT2D eigenvalue weighted by atomic mass is 16.5. The van der Waals surface area contributed by atoms with Crippen LogP contribution in [0.5, 0.6) is 5.75 Å². The fourth-order valence-corrected chi connectivity index (χ4v) is 2.83. The molecule has 1 nitrogen and oxygen atoms in total. The van der Waals surface area contributed by atoms with Crippen LogP contribution in [-0.2, 0) is 0 Å². The fourth-order valence-electron chi connectivity index (χ4n) is 2.83. The maximum atomic E-state index is 5.67. The molecule has 0 aliphatic carbocycles. The zero-order valence-electron chi connectivity index (χ0n) is 12.0. The van der Waals surface area contributed by atoms with E-state index in [1.807, 2.05) is 12.1 Å². The predicted molar refractivity (Wildman–Crippen MR) is 90.6 cm³/mol. The van der Waals surface area contributed by atoms with Crippen molar-refractivity contribution in [2.75, 3.05) is 6.61 Å². The van der Waals surface area contributed by atoms with Crippen molar-refractivity contribution in [3.8, 4) is 18.1 Å². The zero-order chi connectivity index (χ0) is 14.8. The predicted octanol–water partition coefficient (Wildman–Crippen LogP) is 4.96. The average molecular weight is 272 g/mol. The molecule has 3 aromatic carbocycles. The molecule has 0 radical (unpaired) electrons. The standard InChI is InChI=1S/C20H16O/c1-4-13-21-18-12-11-16-10-9-15-8-6-7-14(3)19(15)20(16)17(18)5-2/h1,5-12H,2,13H2,3H3. The van der Waals surface area contributed by atoms with Gasteiger partial charge in [-0.3, -0.25) is 0 Å². The number of aryl methyl sites for hydroxylation is 1. The van der Waals surface area contributed by atoms with Gasteiger partial charge >= 0.3 is 0 Å². The second kappa shape index (κ2) is 5.34. The number of ether oxygens (including phenoxy) is 1. The Labute approximate surface area is 124 Å². The summed E-state index contributed by atoms with van der Waals surface area (Å²) in [6.07, 6.45) is 7.14.